The van der Waals surface area contributed by atoms with Crippen molar-refractivity contribution in [1.82, 2.24) is 5.32 Å². The molecule has 1 saturated heterocycles. The van der Waals surface area contributed by atoms with E-state index in [0.717, 1.165) is 31.5 Å². The molecule has 1 aliphatic rings. The van der Waals surface area contributed by atoms with Crippen LogP contribution < -0.4 is 5.32 Å². The molecule has 1 aromatic carbocycles. The quantitative estimate of drug-likeness (QED) is 0.711. The fourth-order valence-corrected chi connectivity index (χ4v) is 2.39. The Morgan fingerprint density at radius 1 is 1.44 bits per heavy atom. The van der Waals surface area contributed by atoms with Crippen molar-refractivity contribution in [2.24, 2.45) is 5.92 Å². The first-order valence-corrected chi connectivity index (χ1v) is 5.83. The lowest BCUT2D eigenvalue weighted by Gasteiger charge is -2.36. The maximum absolute atomic E-state index is 10.6. The van der Waals surface area contributed by atoms with Crippen molar-refractivity contribution < 1.29 is 10.2 Å². The zero-order valence-corrected chi connectivity index (χ0v) is 9.61. The topological polar surface area (TPSA) is 52.5 Å². The summed E-state index contributed by atoms with van der Waals surface area (Å²) in [5.41, 5.74) is -0.0761. The van der Waals surface area contributed by atoms with Crippen molar-refractivity contribution in [3.8, 4) is 5.75 Å². The molecular formula is C13H19NO2. The minimum atomic E-state index is -0.869. The second-order valence-corrected chi connectivity index (χ2v) is 4.74. The maximum atomic E-state index is 10.6. The molecule has 2 atom stereocenters. The number of hydrogen-bond donors (Lipinski definition) is 3. The third-order valence-corrected chi connectivity index (χ3v) is 3.52. The second-order valence-electron chi connectivity index (χ2n) is 4.74. The van der Waals surface area contributed by atoms with Crippen LogP contribution in [0, 0.1) is 5.92 Å². The van der Waals surface area contributed by atoms with Crippen LogP contribution in [0.2, 0.25) is 0 Å². The molecule has 1 fully saturated rings. The monoisotopic (exact) mass is 221 g/mol. The molecule has 16 heavy (non-hydrogen) atoms. The molecule has 2 unspecified atom stereocenters. The lowest BCUT2D eigenvalue weighted by Crippen LogP contribution is -2.42. The van der Waals surface area contributed by atoms with Crippen LogP contribution in [0.4, 0.5) is 0 Å². The highest BCUT2D eigenvalue weighted by molar-refractivity contribution is 5.31. The Kier molecular flexibility index (Phi) is 3.17. The number of rotatable bonds is 2. The van der Waals surface area contributed by atoms with E-state index in [1.54, 1.807) is 18.2 Å². The minimum Gasteiger partial charge on any atom is -0.508 e. The fraction of sp³-hybridized carbons (Fsp3) is 0.538. The van der Waals surface area contributed by atoms with Gasteiger partial charge in [-0.1, -0.05) is 12.1 Å². The Bertz CT molecular complexity index is 357. The van der Waals surface area contributed by atoms with Gasteiger partial charge in [-0.3, -0.25) is 0 Å². The van der Waals surface area contributed by atoms with E-state index in [1.807, 2.05) is 13.0 Å². The number of hydrogen-bond acceptors (Lipinski definition) is 3. The van der Waals surface area contributed by atoms with Crippen molar-refractivity contribution in [2.75, 3.05) is 13.1 Å². The Labute approximate surface area is 96.1 Å². The van der Waals surface area contributed by atoms with Gasteiger partial charge in [0.2, 0.25) is 0 Å². The van der Waals surface area contributed by atoms with Crippen LogP contribution in [0.5, 0.6) is 5.75 Å². The summed E-state index contributed by atoms with van der Waals surface area (Å²) in [7, 11) is 0. The van der Waals surface area contributed by atoms with Crippen LogP contribution >= 0.6 is 0 Å². The molecule has 0 spiro atoms. The van der Waals surface area contributed by atoms with E-state index < -0.39 is 5.60 Å². The van der Waals surface area contributed by atoms with E-state index >= 15 is 0 Å². The van der Waals surface area contributed by atoms with Gasteiger partial charge in [0.15, 0.2) is 0 Å². The fourth-order valence-electron chi connectivity index (χ4n) is 2.39. The number of phenols is 1. The molecule has 2 rings (SSSR count). The van der Waals surface area contributed by atoms with Crippen molar-refractivity contribution >= 4 is 0 Å². The molecule has 0 radical (unpaired) electrons. The van der Waals surface area contributed by atoms with E-state index in [1.165, 1.54) is 0 Å². The van der Waals surface area contributed by atoms with Crippen molar-refractivity contribution in [1.29, 1.82) is 0 Å². The normalized spacial score (nSPS) is 25.0. The first kappa shape index (κ1) is 11.4. The molecule has 1 heterocycles. The zero-order chi connectivity index (χ0) is 11.6. The molecule has 3 heteroatoms. The van der Waals surface area contributed by atoms with E-state index in [0.29, 0.717) is 0 Å². The van der Waals surface area contributed by atoms with Crippen LogP contribution in [-0.4, -0.2) is 23.3 Å². The number of benzene rings is 1. The minimum absolute atomic E-state index is 0.210. The van der Waals surface area contributed by atoms with Crippen molar-refractivity contribution in [2.45, 2.75) is 25.4 Å². The molecule has 1 aliphatic heterocycles. The van der Waals surface area contributed by atoms with Gasteiger partial charge in [-0.2, -0.15) is 0 Å². The smallest absolute Gasteiger partial charge is 0.115 e. The predicted octanol–water partition coefficient (Wildman–Crippen LogP) is 1.60. The van der Waals surface area contributed by atoms with Gasteiger partial charge in [-0.15, -0.1) is 0 Å². The Morgan fingerprint density at radius 2 is 2.25 bits per heavy atom. The Balaban J connectivity index is 2.22. The van der Waals surface area contributed by atoms with Gasteiger partial charge in [0.05, 0.1) is 5.60 Å². The summed E-state index contributed by atoms with van der Waals surface area (Å²) in [6, 6.07) is 6.91. The molecule has 3 N–H and O–H groups in total. The summed E-state index contributed by atoms with van der Waals surface area (Å²) >= 11 is 0. The van der Waals surface area contributed by atoms with Crippen molar-refractivity contribution in [3.05, 3.63) is 29.8 Å². The van der Waals surface area contributed by atoms with Gasteiger partial charge < -0.3 is 15.5 Å². The molecule has 88 valence electrons. The largest absolute Gasteiger partial charge is 0.508 e. The Morgan fingerprint density at radius 3 is 2.88 bits per heavy atom. The second kappa shape index (κ2) is 4.44. The predicted molar refractivity (Wildman–Crippen MR) is 63.3 cm³/mol. The van der Waals surface area contributed by atoms with Crippen LogP contribution in [-0.2, 0) is 5.60 Å². The van der Waals surface area contributed by atoms with E-state index in [2.05, 4.69) is 5.32 Å². The molecule has 0 aromatic heterocycles. The molecule has 1 aromatic rings. The SMILES string of the molecule is CC(O)(c1cccc(O)c1)C1CCCNC1. The zero-order valence-electron chi connectivity index (χ0n) is 9.61. The molecule has 0 bridgehead atoms. The maximum Gasteiger partial charge on any atom is 0.115 e. The van der Waals surface area contributed by atoms with Crippen molar-refractivity contribution in [3.63, 3.8) is 0 Å². The lowest BCUT2D eigenvalue weighted by molar-refractivity contribution is -0.0158. The average molecular weight is 221 g/mol. The van der Waals surface area contributed by atoms with E-state index in [4.69, 9.17) is 0 Å². The number of aromatic hydroxyl groups is 1. The van der Waals surface area contributed by atoms with Gasteiger partial charge in [-0.25, -0.2) is 0 Å². The van der Waals surface area contributed by atoms with Gasteiger partial charge in [0.1, 0.15) is 5.75 Å². The Hall–Kier alpha value is -1.06. The van der Waals surface area contributed by atoms with Gasteiger partial charge in [0, 0.05) is 12.5 Å². The third-order valence-electron chi connectivity index (χ3n) is 3.52. The van der Waals surface area contributed by atoms with Gasteiger partial charge in [0.25, 0.3) is 0 Å². The highest BCUT2D eigenvalue weighted by Crippen LogP contribution is 2.34. The third kappa shape index (κ3) is 2.20. The average Bonchev–Trinajstić information content (AvgIpc) is 2.30. The summed E-state index contributed by atoms with van der Waals surface area (Å²) in [6.07, 6.45) is 2.12. The number of aliphatic hydroxyl groups is 1. The van der Waals surface area contributed by atoms with Crippen LogP contribution in [0.25, 0.3) is 0 Å². The summed E-state index contributed by atoms with van der Waals surface area (Å²) in [6.45, 7) is 3.70. The standard InChI is InChI=1S/C13H19NO2/c1-13(16,11-5-3-7-14-9-11)10-4-2-6-12(15)8-10/h2,4,6,8,11,14-16H,3,5,7,9H2,1H3. The lowest BCUT2D eigenvalue weighted by atomic mass is 9.79. The summed E-state index contributed by atoms with van der Waals surface area (Å²) in [5, 5.41) is 23.3. The van der Waals surface area contributed by atoms with E-state index in [9.17, 15) is 10.2 Å². The molecule has 0 amide bonds. The number of phenolic OH excluding ortho intramolecular Hbond substituents is 1. The first-order valence-electron chi connectivity index (χ1n) is 5.83. The van der Waals surface area contributed by atoms with Gasteiger partial charge >= 0.3 is 0 Å². The molecule has 0 aliphatic carbocycles. The number of piperidine rings is 1. The highest BCUT2D eigenvalue weighted by atomic mass is 16.3. The summed E-state index contributed by atoms with van der Waals surface area (Å²) < 4.78 is 0. The highest BCUT2D eigenvalue weighted by Gasteiger charge is 2.34. The van der Waals surface area contributed by atoms with Gasteiger partial charge in [-0.05, 0) is 44.0 Å². The summed E-state index contributed by atoms with van der Waals surface area (Å²) in [4.78, 5) is 0. The molecular weight excluding hydrogens is 202 g/mol. The summed E-state index contributed by atoms with van der Waals surface area (Å²) in [5.74, 6) is 0.421. The number of nitrogens with one attached hydrogen (secondary N) is 1. The van der Waals surface area contributed by atoms with Crippen LogP contribution in [0.3, 0.4) is 0 Å². The molecule has 0 saturated carbocycles. The van der Waals surface area contributed by atoms with Crippen LogP contribution in [0.1, 0.15) is 25.3 Å². The molecule has 3 nitrogen and oxygen atoms in total. The first-order chi connectivity index (χ1) is 7.60. The van der Waals surface area contributed by atoms with E-state index in [-0.39, 0.29) is 11.7 Å². The van der Waals surface area contributed by atoms with Crippen LogP contribution in [0.15, 0.2) is 24.3 Å².